The normalized spacial score (nSPS) is 10.0. The first-order chi connectivity index (χ1) is 10.6. The third-order valence-corrected chi connectivity index (χ3v) is 2.75. The van der Waals surface area contributed by atoms with Crippen LogP contribution in [0.2, 0.25) is 0 Å². The van der Waals surface area contributed by atoms with Gasteiger partial charge in [-0.3, -0.25) is 4.79 Å². The molecule has 0 unspecified atom stereocenters. The Morgan fingerprint density at radius 2 is 2.27 bits per heavy atom. The van der Waals surface area contributed by atoms with Crippen molar-refractivity contribution in [2.24, 2.45) is 5.10 Å². The zero-order chi connectivity index (χ0) is 16.4. The number of hydrogen-bond donors (Lipinski definition) is 1. The topological polar surface area (TPSA) is 101 Å². The Labute approximate surface area is 136 Å². The van der Waals surface area contributed by atoms with Crippen molar-refractivity contribution in [3.63, 3.8) is 0 Å². The molecule has 0 saturated heterocycles. The standard InChI is InChI=1S/C14H14BrN3O4/c1-2-21-14(20)9-22-12-4-3-11(15)7-10(12)8-17-18-13(19)5-6-16/h3-4,7-8H,2,5,9H2,1H3,(H,18,19)/b17-8-. The van der Waals surface area contributed by atoms with Gasteiger partial charge in [0.2, 0.25) is 0 Å². The number of benzene rings is 1. The van der Waals surface area contributed by atoms with Gasteiger partial charge in [0.05, 0.1) is 18.9 Å². The van der Waals surface area contributed by atoms with E-state index in [4.69, 9.17) is 14.7 Å². The average Bonchev–Trinajstić information content (AvgIpc) is 2.47. The summed E-state index contributed by atoms with van der Waals surface area (Å²) in [5, 5.41) is 12.1. The minimum Gasteiger partial charge on any atom is -0.481 e. The highest BCUT2D eigenvalue weighted by Gasteiger charge is 2.07. The van der Waals surface area contributed by atoms with Crippen molar-refractivity contribution in [3.8, 4) is 11.8 Å². The Kier molecular flexibility index (Phi) is 7.64. The second-order valence-electron chi connectivity index (χ2n) is 3.90. The van der Waals surface area contributed by atoms with Crippen LogP contribution in [0.1, 0.15) is 18.9 Å². The van der Waals surface area contributed by atoms with Gasteiger partial charge in [-0.05, 0) is 25.1 Å². The van der Waals surface area contributed by atoms with Crippen LogP contribution in [0.4, 0.5) is 0 Å². The molecule has 8 heteroatoms. The molecule has 0 fully saturated rings. The Morgan fingerprint density at radius 1 is 1.50 bits per heavy atom. The third-order valence-electron chi connectivity index (χ3n) is 2.26. The summed E-state index contributed by atoms with van der Waals surface area (Å²) in [5.74, 6) is -0.576. The molecule has 0 bridgehead atoms. The molecule has 22 heavy (non-hydrogen) atoms. The van der Waals surface area contributed by atoms with E-state index in [-0.39, 0.29) is 19.6 Å². The van der Waals surface area contributed by atoms with Gasteiger partial charge in [-0.25, -0.2) is 10.2 Å². The highest BCUT2D eigenvalue weighted by Crippen LogP contribution is 2.21. The molecule has 1 aromatic rings. The highest BCUT2D eigenvalue weighted by molar-refractivity contribution is 9.10. The molecule has 0 aliphatic heterocycles. The molecular weight excluding hydrogens is 354 g/mol. The second kappa shape index (κ2) is 9.52. The fourth-order valence-corrected chi connectivity index (χ4v) is 1.75. The zero-order valence-electron chi connectivity index (χ0n) is 11.8. The minimum atomic E-state index is -0.511. The number of carbonyl (C=O) groups is 2. The summed E-state index contributed by atoms with van der Waals surface area (Å²) in [5.41, 5.74) is 2.76. The molecule has 0 radical (unpaired) electrons. The van der Waals surface area contributed by atoms with Gasteiger partial charge in [0.25, 0.3) is 5.91 Å². The molecular formula is C14H14BrN3O4. The van der Waals surface area contributed by atoms with Crippen LogP contribution in [0.15, 0.2) is 27.8 Å². The number of hydrogen-bond acceptors (Lipinski definition) is 6. The predicted octanol–water partition coefficient (Wildman–Crippen LogP) is 1.75. The van der Waals surface area contributed by atoms with Crippen molar-refractivity contribution in [1.29, 1.82) is 5.26 Å². The summed E-state index contributed by atoms with van der Waals surface area (Å²) < 4.78 is 10.9. The minimum absolute atomic E-state index is 0.225. The average molecular weight is 368 g/mol. The number of carbonyl (C=O) groups excluding carboxylic acids is 2. The number of rotatable bonds is 7. The molecule has 0 saturated carbocycles. The van der Waals surface area contributed by atoms with Gasteiger partial charge in [0, 0.05) is 10.0 Å². The van der Waals surface area contributed by atoms with Gasteiger partial charge in [-0.2, -0.15) is 10.4 Å². The van der Waals surface area contributed by atoms with Gasteiger partial charge >= 0.3 is 5.97 Å². The van der Waals surface area contributed by atoms with E-state index in [0.717, 1.165) is 4.47 Å². The van der Waals surface area contributed by atoms with E-state index in [1.54, 1.807) is 31.2 Å². The van der Waals surface area contributed by atoms with E-state index >= 15 is 0 Å². The van der Waals surface area contributed by atoms with E-state index in [1.165, 1.54) is 6.21 Å². The summed E-state index contributed by atoms with van der Waals surface area (Å²) in [6.07, 6.45) is 1.09. The number of nitriles is 1. The summed E-state index contributed by atoms with van der Waals surface area (Å²) in [7, 11) is 0. The number of nitrogens with zero attached hydrogens (tertiary/aromatic N) is 2. The Hall–Kier alpha value is -2.40. The third kappa shape index (κ3) is 6.37. The smallest absolute Gasteiger partial charge is 0.344 e. The maximum Gasteiger partial charge on any atom is 0.344 e. The van der Waals surface area contributed by atoms with Crippen molar-refractivity contribution in [2.75, 3.05) is 13.2 Å². The lowest BCUT2D eigenvalue weighted by molar-refractivity contribution is -0.145. The van der Waals surface area contributed by atoms with Crippen LogP contribution in [0, 0.1) is 11.3 Å². The van der Waals surface area contributed by atoms with Crippen LogP contribution in [-0.2, 0) is 14.3 Å². The molecule has 0 aromatic heterocycles. The number of nitrogens with one attached hydrogen (secondary N) is 1. The molecule has 1 N–H and O–H groups in total. The SMILES string of the molecule is CCOC(=O)COc1ccc(Br)cc1/C=N\NC(=O)CC#N. The van der Waals surface area contributed by atoms with Crippen LogP contribution in [0.5, 0.6) is 5.75 Å². The van der Waals surface area contributed by atoms with Crippen LogP contribution < -0.4 is 10.2 Å². The molecule has 0 spiro atoms. The lowest BCUT2D eigenvalue weighted by Crippen LogP contribution is -2.17. The number of halogens is 1. The van der Waals surface area contributed by atoms with E-state index in [2.05, 4.69) is 26.5 Å². The van der Waals surface area contributed by atoms with Crippen LogP contribution in [-0.4, -0.2) is 31.3 Å². The summed E-state index contributed by atoms with van der Waals surface area (Å²) in [4.78, 5) is 22.4. The van der Waals surface area contributed by atoms with Gasteiger partial charge in [-0.15, -0.1) is 0 Å². The number of ether oxygens (including phenoxy) is 2. The Balaban J connectivity index is 2.74. The lowest BCUT2D eigenvalue weighted by Gasteiger charge is -2.09. The van der Waals surface area contributed by atoms with Crippen molar-refractivity contribution < 1.29 is 19.1 Å². The first-order valence-corrected chi connectivity index (χ1v) is 7.13. The van der Waals surface area contributed by atoms with Crippen LogP contribution >= 0.6 is 15.9 Å². The van der Waals surface area contributed by atoms with Crippen LogP contribution in [0.3, 0.4) is 0 Å². The largest absolute Gasteiger partial charge is 0.481 e. The van der Waals surface area contributed by atoms with Gasteiger partial charge in [0.1, 0.15) is 12.2 Å². The summed E-state index contributed by atoms with van der Waals surface area (Å²) in [6, 6.07) is 6.82. The van der Waals surface area contributed by atoms with Crippen molar-refractivity contribution in [1.82, 2.24) is 5.43 Å². The second-order valence-corrected chi connectivity index (χ2v) is 4.82. The van der Waals surface area contributed by atoms with Crippen molar-refractivity contribution in [2.45, 2.75) is 13.3 Å². The van der Waals surface area contributed by atoms with Gasteiger partial charge in [0.15, 0.2) is 6.61 Å². The molecule has 7 nitrogen and oxygen atoms in total. The van der Waals surface area contributed by atoms with E-state index in [0.29, 0.717) is 11.3 Å². The van der Waals surface area contributed by atoms with Crippen molar-refractivity contribution >= 4 is 34.0 Å². The molecule has 0 heterocycles. The number of hydrazone groups is 1. The maximum atomic E-state index is 11.3. The first-order valence-electron chi connectivity index (χ1n) is 6.33. The molecule has 1 rings (SSSR count). The molecule has 0 atom stereocenters. The van der Waals surface area contributed by atoms with E-state index in [1.807, 2.05) is 0 Å². The molecule has 0 aliphatic rings. The fourth-order valence-electron chi connectivity index (χ4n) is 1.38. The zero-order valence-corrected chi connectivity index (χ0v) is 13.4. The predicted molar refractivity (Wildman–Crippen MR) is 82.2 cm³/mol. The molecule has 1 aromatic carbocycles. The van der Waals surface area contributed by atoms with Crippen molar-refractivity contribution in [3.05, 3.63) is 28.2 Å². The molecule has 116 valence electrons. The lowest BCUT2D eigenvalue weighted by atomic mass is 10.2. The monoisotopic (exact) mass is 367 g/mol. The maximum absolute atomic E-state index is 11.3. The van der Waals surface area contributed by atoms with Gasteiger partial charge < -0.3 is 9.47 Å². The number of amides is 1. The molecule has 1 amide bonds. The first kappa shape index (κ1) is 17.7. The van der Waals surface area contributed by atoms with Crippen LogP contribution in [0.25, 0.3) is 0 Å². The Morgan fingerprint density at radius 3 is 2.95 bits per heavy atom. The fraction of sp³-hybridized carbons (Fsp3) is 0.286. The Bertz CT molecular complexity index is 611. The summed E-state index contributed by atoms with van der Waals surface area (Å²) in [6.45, 7) is 1.76. The van der Waals surface area contributed by atoms with Gasteiger partial charge in [-0.1, -0.05) is 15.9 Å². The number of esters is 1. The van der Waals surface area contributed by atoms with E-state index in [9.17, 15) is 9.59 Å². The quantitative estimate of drug-likeness (QED) is 0.449. The molecule has 0 aliphatic carbocycles. The highest BCUT2D eigenvalue weighted by atomic mass is 79.9. The summed E-state index contributed by atoms with van der Waals surface area (Å²) >= 11 is 3.31. The van der Waals surface area contributed by atoms with E-state index < -0.39 is 11.9 Å².